The van der Waals surface area contributed by atoms with E-state index in [4.69, 9.17) is 4.74 Å². The first-order chi connectivity index (χ1) is 7.27. The molecular formula is C12H17NO2. The average molecular weight is 207 g/mol. The van der Waals surface area contributed by atoms with Crippen molar-refractivity contribution < 1.29 is 9.84 Å². The third-order valence-corrected chi connectivity index (χ3v) is 3.10. The van der Waals surface area contributed by atoms with Crippen molar-refractivity contribution in [2.75, 3.05) is 6.61 Å². The minimum atomic E-state index is -0.313. The molecular weight excluding hydrogens is 190 g/mol. The summed E-state index contributed by atoms with van der Waals surface area (Å²) in [6.45, 7) is 2.81. The molecule has 82 valence electrons. The van der Waals surface area contributed by atoms with Crippen LogP contribution >= 0.6 is 0 Å². The van der Waals surface area contributed by atoms with Gasteiger partial charge in [0, 0.05) is 31.3 Å². The maximum atomic E-state index is 10.1. The Kier molecular flexibility index (Phi) is 3.34. The van der Waals surface area contributed by atoms with Crippen LogP contribution < -0.4 is 0 Å². The summed E-state index contributed by atoms with van der Waals surface area (Å²) < 4.78 is 5.45. The van der Waals surface area contributed by atoms with Crippen LogP contribution in [0.4, 0.5) is 0 Å². The molecule has 1 aliphatic rings. The van der Waals surface area contributed by atoms with Gasteiger partial charge in [0.1, 0.15) is 0 Å². The number of rotatable bonds is 3. The molecule has 2 rings (SSSR count). The van der Waals surface area contributed by atoms with Crippen molar-refractivity contribution in [3.05, 3.63) is 30.1 Å². The quantitative estimate of drug-likeness (QED) is 0.815. The molecule has 1 aromatic heterocycles. The normalized spacial score (nSPS) is 27.9. The molecule has 0 bridgehead atoms. The SMILES string of the molecule is CC1OCCC1C(O)Cc1cccnc1. The molecule has 2 heterocycles. The fourth-order valence-corrected chi connectivity index (χ4v) is 2.17. The molecule has 3 unspecified atom stereocenters. The van der Waals surface area contributed by atoms with Crippen molar-refractivity contribution in [3.8, 4) is 0 Å². The van der Waals surface area contributed by atoms with Gasteiger partial charge in [-0.15, -0.1) is 0 Å². The van der Waals surface area contributed by atoms with Gasteiger partial charge in [0.15, 0.2) is 0 Å². The Labute approximate surface area is 90.1 Å². The van der Waals surface area contributed by atoms with Crippen molar-refractivity contribution in [2.45, 2.75) is 32.0 Å². The highest BCUT2D eigenvalue weighted by atomic mass is 16.5. The molecule has 15 heavy (non-hydrogen) atoms. The topological polar surface area (TPSA) is 42.4 Å². The summed E-state index contributed by atoms with van der Waals surface area (Å²) >= 11 is 0. The lowest BCUT2D eigenvalue weighted by atomic mass is 9.92. The molecule has 3 heteroatoms. The second-order valence-corrected chi connectivity index (χ2v) is 4.16. The van der Waals surface area contributed by atoms with Crippen molar-refractivity contribution in [1.29, 1.82) is 0 Å². The predicted molar refractivity (Wildman–Crippen MR) is 57.5 cm³/mol. The summed E-state index contributed by atoms with van der Waals surface area (Å²) in [5.41, 5.74) is 1.09. The van der Waals surface area contributed by atoms with E-state index in [1.165, 1.54) is 0 Å². The van der Waals surface area contributed by atoms with E-state index in [0.29, 0.717) is 6.42 Å². The van der Waals surface area contributed by atoms with Gasteiger partial charge in [0.25, 0.3) is 0 Å². The van der Waals surface area contributed by atoms with E-state index in [9.17, 15) is 5.11 Å². The van der Waals surface area contributed by atoms with E-state index in [-0.39, 0.29) is 18.1 Å². The van der Waals surface area contributed by atoms with Crippen LogP contribution in [-0.2, 0) is 11.2 Å². The Morgan fingerprint density at radius 3 is 3.13 bits per heavy atom. The highest BCUT2D eigenvalue weighted by molar-refractivity contribution is 5.10. The summed E-state index contributed by atoms with van der Waals surface area (Å²) in [6, 6.07) is 3.90. The number of ether oxygens (including phenoxy) is 1. The monoisotopic (exact) mass is 207 g/mol. The summed E-state index contributed by atoms with van der Waals surface area (Å²) in [5, 5.41) is 10.1. The zero-order valence-electron chi connectivity index (χ0n) is 8.97. The zero-order valence-corrected chi connectivity index (χ0v) is 8.97. The molecule has 1 N–H and O–H groups in total. The zero-order chi connectivity index (χ0) is 10.7. The van der Waals surface area contributed by atoms with Gasteiger partial charge in [0.2, 0.25) is 0 Å². The van der Waals surface area contributed by atoms with Gasteiger partial charge in [-0.1, -0.05) is 6.07 Å². The smallest absolute Gasteiger partial charge is 0.0634 e. The first kappa shape index (κ1) is 10.6. The molecule has 1 fully saturated rings. The predicted octanol–water partition coefficient (Wildman–Crippen LogP) is 1.41. The van der Waals surface area contributed by atoms with E-state index in [2.05, 4.69) is 4.98 Å². The third kappa shape index (κ3) is 2.55. The van der Waals surface area contributed by atoms with Crippen LogP contribution in [0.1, 0.15) is 18.9 Å². The third-order valence-electron chi connectivity index (χ3n) is 3.10. The van der Waals surface area contributed by atoms with Gasteiger partial charge in [-0.25, -0.2) is 0 Å². The average Bonchev–Trinajstić information content (AvgIpc) is 2.66. The van der Waals surface area contributed by atoms with Crippen molar-refractivity contribution in [1.82, 2.24) is 4.98 Å². The number of aliphatic hydroxyl groups is 1. The molecule has 1 aromatic rings. The summed E-state index contributed by atoms with van der Waals surface area (Å²) in [5.74, 6) is 0.269. The second kappa shape index (κ2) is 4.73. The molecule has 1 aliphatic heterocycles. The van der Waals surface area contributed by atoms with Crippen molar-refractivity contribution in [3.63, 3.8) is 0 Å². The first-order valence-electron chi connectivity index (χ1n) is 5.46. The Bertz CT molecular complexity index is 302. The Morgan fingerprint density at radius 1 is 1.67 bits per heavy atom. The first-order valence-corrected chi connectivity index (χ1v) is 5.46. The summed E-state index contributed by atoms with van der Waals surface area (Å²) in [7, 11) is 0. The van der Waals surface area contributed by atoms with Crippen LogP contribution in [0.15, 0.2) is 24.5 Å². The maximum Gasteiger partial charge on any atom is 0.0634 e. The Hall–Kier alpha value is -0.930. The van der Waals surface area contributed by atoms with E-state index in [1.54, 1.807) is 6.20 Å². The van der Waals surface area contributed by atoms with Crippen LogP contribution in [0.3, 0.4) is 0 Å². The highest BCUT2D eigenvalue weighted by Gasteiger charge is 2.30. The number of aromatic nitrogens is 1. The molecule has 3 atom stereocenters. The lowest BCUT2D eigenvalue weighted by molar-refractivity contribution is 0.0440. The maximum absolute atomic E-state index is 10.1. The number of hydrogen-bond acceptors (Lipinski definition) is 3. The molecule has 0 amide bonds. The van der Waals surface area contributed by atoms with Crippen molar-refractivity contribution >= 4 is 0 Å². The van der Waals surface area contributed by atoms with Gasteiger partial charge in [-0.2, -0.15) is 0 Å². The van der Waals surface area contributed by atoms with E-state index in [0.717, 1.165) is 18.6 Å². The minimum absolute atomic E-state index is 0.177. The van der Waals surface area contributed by atoms with Gasteiger partial charge < -0.3 is 9.84 Å². The molecule has 0 spiro atoms. The second-order valence-electron chi connectivity index (χ2n) is 4.16. The molecule has 3 nitrogen and oxygen atoms in total. The van der Waals surface area contributed by atoms with Crippen molar-refractivity contribution in [2.24, 2.45) is 5.92 Å². The number of hydrogen-bond donors (Lipinski definition) is 1. The Balaban J connectivity index is 1.94. The molecule has 0 aromatic carbocycles. The fourth-order valence-electron chi connectivity index (χ4n) is 2.17. The number of aliphatic hydroxyl groups excluding tert-OH is 1. The van der Waals surface area contributed by atoms with Gasteiger partial charge >= 0.3 is 0 Å². The standard InChI is InChI=1S/C12H17NO2/c1-9-11(4-6-15-9)12(14)7-10-3-2-5-13-8-10/h2-3,5,8-9,11-12,14H,4,6-7H2,1H3. The highest BCUT2D eigenvalue weighted by Crippen LogP contribution is 2.25. The minimum Gasteiger partial charge on any atom is -0.392 e. The Morgan fingerprint density at radius 2 is 2.53 bits per heavy atom. The van der Waals surface area contributed by atoms with Crippen LogP contribution in [0.25, 0.3) is 0 Å². The van der Waals surface area contributed by atoms with E-state index in [1.807, 2.05) is 25.3 Å². The van der Waals surface area contributed by atoms with E-state index >= 15 is 0 Å². The van der Waals surface area contributed by atoms with E-state index < -0.39 is 0 Å². The van der Waals surface area contributed by atoms with Gasteiger partial charge in [-0.3, -0.25) is 4.98 Å². The van der Waals surface area contributed by atoms with Crippen LogP contribution in [0.5, 0.6) is 0 Å². The van der Waals surface area contributed by atoms with Crippen LogP contribution in [-0.4, -0.2) is 28.9 Å². The summed E-state index contributed by atoms with van der Waals surface area (Å²) in [6.07, 6.45) is 5.05. The number of pyridine rings is 1. The van der Waals surface area contributed by atoms with Crippen LogP contribution in [0.2, 0.25) is 0 Å². The fraction of sp³-hybridized carbons (Fsp3) is 0.583. The largest absolute Gasteiger partial charge is 0.392 e. The molecule has 1 saturated heterocycles. The molecule has 0 radical (unpaired) electrons. The lowest BCUT2D eigenvalue weighted by Crippen LogP contribution is -2.28. The molecule has 0 aliphatic carbocycles. The number of nitrogens with zero attached hydrogens (tertiary/aromatic N) is 1. The van der Waals surface area contributed by atoms with Gasteiger partial charge in [-0.05, 0) is 25.0 Å². The lowest BCUT2D eigenvalue weighted by Gasteiger charge is -2.20. The summed E-state index contributed by atoms with van der Waals surface area (Å²) in [4.78, 5) is 4.04. The molecule has 0 saturated carbocycles. The van der Waals surface area contributed by atoms with Crippen LogP contribution in [0, 0.1) is 5.92 Å². The van der Waals surface area contributed by atoms with Gasteiger partial charge in [0.05, 0.1) is 12.2 Å².